The van der Waals surface area contributed by atoms with Crippen LogP contribution in [0, 0.1) is 6.92 Å². The minimum absolute atomic E-state index is 0.0335. The van der Waals surface area contributed by atoms with Crippen LogP contribution >= 0.6 is 43.2 Å². The molecule has 0 aliphatic carbocycles. The topological polar surface area (TPSA) is 29.1 Å². The average molecular weight is 389 g/mol. The van der Waals surface area contributed by atoms with Gasteiger partial charge in [0.2, 0.25) is 0 Å². The Labute approximate surface area is 127 Å². The molecule has 94 valence electrons. The van der Waals surface area contributed by atoms with Crippen LogP contribution in [-0.2, 0) is 6.54 Å². The lowest BCUT2D eigenvalue weighted by Gasteiger charge is -2.04. The van der Waals surface area contributed by atoms with Crippen LogP contribution in [0.15, 0.2) is 38.6 Å². The largest absolute Gasteiger partial charge is 0.347 e. The summed E-state index contributed by atoms with van der Waals surface area (Å²) in [5, 5.41) is 2.91. The fraction of sp³-hybridized carbons (Fsp3) is 0.154. The summed E-state index contributed by atoms with van der Waals surface area (Å²) in [5.41, 5.74) is 2.16. The van der Waals surface area contributed by atoms with Crippen molar-refractivity contribution in [3.8, 4) is 0 Å². The highest BCUT2D eigenvalue weighted by atomic mass is 79.9. The highest BCUT2D eigenvalue weighted by molar-refractivity contribution is 9.11. The maximum atomic E-state index is 11.9. The van der Waals surface area contributed by atoms with E-state index >= 15 is 0 Å². The Balaban J connectivity index is 2.00. The molecule has 0 fully saturated rings. The molecular formula is C13H11Br2NOS. The second-order valence-electron chi connectivity index (χ2n) is 3.88. The number of hydrogen-bond donors (Lipinski definition) is 1. The average Bonchev–Trinajstić information content (AvgIpc) is 2.67. The Morgan fingerprint density at radius 1 is 1.33 bits per heavy atom. The summed E-state index contributed by atoms with van der Waals surface area (Å²) in [6.45, 7) is 2.51. The lowest BCUT2D eigenvalue weighted by molar-refractivity contribution is 0.0955. The van der Waals surface area contributed by atoms with E-state index in [0.717, 1.165) is 24.3 Å². The van der Waals surface area contributed by atoms with Crippen molar-refractivity contribution >= 4 is 49.1 Å². The van der Waals surface area contributed by atoms with Crippen molar-refractivity contribution in [3.05, 3.63) is 54.6 Å². The van der Waals surface area contributed by atoms with E-state index in [-0.39, 0.29) is 5.91 Å². The van der Waals surface area contributed by atoms with Gasteiger partial charge in [-0.2, -0.15) is 0 Å². The lowest BCUT2D eigenvalue weighted by atomic mass is 10.2. The van der Waals surface area contributed by atoms with Gasteiger partial charge in [-0.25, -0.2) is 0 Å². The van der Waals surface area contributed by atoms with Crippen LogP contribution in [0.25, 0.3) is 0 Å². The minimum atomic E-state index is -0.0335. The maximum Gasteiger partial charge on any atom is 0.261 e. The van der Waals surface area contributed by atoms with Crippen molar-refractivity contribution in [1.29, 1.82) is 0 Å². The second kappa shape index (κ2) is 5.99. The van der Waals surface area contributed by atoms with Crippen LogP contribution in [0.2, 0.25) is 0 Å². The van der Waals surface area contributed by atoms with Gasteiger partial charge in [0.1, 0.15) is 0 Å². The fourth-order valence-electron chi connectivity index (χ4n) is 1.49. The van der Waals surface area contributed by atoms with Gasteiger partial charge in [-0.1, -0.05) is 28.1 Å². The van der Waals surface area contributed by atoms with Gasteiger partial charge < -0.3 is 5.32 Å². The number of rotatable bonds is 3. The number of halogens is 2. The normalized spacial score (nSPS) is 10.4. The third-order valence-electron chi connectivity index (χ3n) is 2.42. The van der Waals surface area contributed by atoms with Gasteiger partial charge in [0.25, 0.3) is 5.91 Å². The standard InChI is InChI=1S/C13H11Br2NOS/c1-8-5-11(18-12(8)15)13(17)16-7-9-3-2-4-10(14)6-9/h2-6H,7H2,1H3,(H,16,17). The predicted octanol–water partition coefficient (Wildman–Crippen LogP) is 4.51. The molecule has 0 bridgehead atoms. The quantitative estimate of drug-likeness (QED) is 0.823. The van der Waals surface area contributed by atoms with Crippen molar-refractivity contribution in [1.82, 2.24) is 5.32 Å². The van der Waals surface area contributed by atoms with Gasteiger partial charge in [-0.15, -0.1) is 11.3 Å². The molecule has 0 radical (unpaired) electrons. The Kier molecular flexibility index (Phi) is 4.59. The van der Waals surface area contributed by atoms with Crippen LogP contribution < -0.4 is 5.32 Å². The third kappa shape index (κ3) is 3.43. The zero-order valence-corrected chi connectivity index (χ0v) is 13.7. The number of nitrogens with one attached hydrogen (secondary N) is 1. The zero-order valence-electron chi connectivity index (χ0n) is 9.67. The number of amides is 1. The third-order valence-corrected chi connectivity index (χ3v) is 5.05. The van der Waals surface area contributed by atoms with E-state index in [4.69, 9.17) is 0 Å². The summed E-state index contributed by atoms with van der Waals surface area (Å²) in [5.74, 6) is -0.0335. The monoisotopic (exact) mass is 387 g/mol. The van der Waals surface area contributed by atoms with Gasteiger partial charge in [0.15, 0.2) is 0 Å². The molecule has 1 N–H and O–H groups in total. The molecular weight excluding hydrogens is 378 g/mol. The molecule has 2 nitrogen and oxygen atoms in total. The van der Waals surface area contributed by atoms with E-state index in [1.807, 2.05) is 37.3 Å². The zero-order chi connectivity index (χ0) is 13.1. The predicted molar refractivity (Wildman–Crippen MR) is 82.1 cm³/mol. The molecule has 1 amide bonds. The summed E-state index contributed by atoms with van der Waals surface area (Å²) in [4.78, 5) is 12.7. The van der Waals surface area contributed by atoms with Crippen LogP contribution in [0.3, 0.4) is 0 Å². The molecule has 2 aromatic rings. The summed E-state index contributed by atoms with van der Waals surface area (Å²) >= 11 is 8.29. The van der Waals surface area contributed by atoms with Gasteiger partial charge in [0.05, 0.1) is 8.66 Å². The molecule has 0 saturated carbocycles. The van der Waals surface area contributed by atoms with Gasteiger partial charge in [-0.3, -0.25) is 4.79 Å². The Bertz CT molecular complexity index is 561. The molecule has 0 aliphatic heterocycles. The molecule has 0 unspecified atom stereocenters. The fourth-order valence-corrected chi connectivity index (χ4v) is 3.39. The van der Waals surface area contributed by atoms with Crippen molar-refractivity contribution < 1.29 is 4.79 Å². The Hall–Kier alpha value is -0.650. The SMILES string of the molecule is Cc1cc(C(=O)NCc2cccc(Br)c2)sc1Br. The highest BCUT2D eigenvalue weighted by Gasteiger charge is 2.10. The number of carbonyl (C=O) groups excluding carboxylic acids is 1. The molecule has 1 aromatic carbocycles. The number of benzene rings is 1. The Morgan fingerprint density at radius 2 is 2.11 bits per heavy atom. The van der Waals surface area contributed by atoms with E-state index < -0.39 is 0 Å². The molecule has 5 heteroatoms. The summed E-state index contributed by atoms with van der Waals surface area (Å²) in [6.07, 6.45) is 0. The number of thiophene rings is 1. The van der Waals surface area contributed by atoms with E-state index in [2.05, 4.69) is 37.2 Å². The first-order valence-electron chi connectivity index (χ1n) is 5.35. The summed E-state index contributed by atoms with van der Waals surface area (Å²) in [7, 11) is 0. The van der Waals surface area contributed by atoms with Gasteiger partial charge in [0, 0.05) is 11.0 Å². The number of aryl methyl sites for hydroxylation is 1. The molecule has 2 rings (SSSR count). The van der Waals surface area contributed by atoms with Gasteiger partial charge >= 0.3 is 0 Å². The van der Waals surface area contributed by atoms with Crippen molar-refractivity contribution in [2.75, 3.05) is 0 Å². The number of hydrogen-bond acceptors (Lipinski definition) is 2. The Morgan fingerprint density at radius 3 is 2.72 bits per heavy atom. The van der Waals surface area contributed by atoms with Gasteiger partial charge in [-0.05, 0) is 52.2 Å². The second-order valence-corrected chi connectivity index (χ2v) is 7.17. The lowest BCUT2D eigenvalue weighted by Crippen LogP contribution is -2.21. The molecule has 1 aromatic heterocycles. The van der Waals surface area contributed by atoms with Crippen molar-refractivity contribution in [3.63, 3.8) is 0 Å². The summed E-state index contributed by atoms with van der Waals surface area (Å²) in [6, 6.07) is 9.80. The van der Waals surface area contributed by atoms with E-state index in [9.17, 15) is 4.79 Å². The van der Waals surface area contributed by atoms with Crippen LogP contribution in [0.4, 0.5) is 0 Å². The van der Waals surface area contributed by atoms with E-state index in [1.54, 1.807) is 0 Å². The van der Waals surface area contributed by atoms with Crippen LogP contribution in [0.5, 0.6) is 0 Å². The first-order chi connectivity index (χ1) is 8.56. The van der Waals surface area contributed by atoms with Crippen molar-refractivity contribution in [2.45, 2.75) is 13.5 Å². The molecule has 1 heterocycles. The van der Waals surface area contributed by atoms with Crippen LogP contribution in [-0.4, -0.2) is 5.91 Å². The van der Waals surface area contributed by atoms with E-state index in [0.29, 0.717) is 6.54 Å². The first kappa shape index (κ1) is 13.8. The maximum absolute atomic E-state index is 11.9. The van der Waals surface area contributed by atoms with Crippen LogP contribution in [0.1, 0.15) is 20.8 Å². The summed E-state index contributed by atoms with van der Waals surface area (Å²) < 4.78 is 2.03. The van der Waals surface area contributed by atoms with Crippen molar-refractivity contribution in [2.24, 2.45) is 0 Å². The first-order valence-corrected chi connectivity index (χ1v) is 7.75. The smallest absolute Gasteiger partial charge is 0.261 e. The molecule has 0 spiro atoms. The molecule has 18 heavy (non-hydrogen) atoms. The minimum Gasteiger partial charge on any atom is -0.347 e. The molecule has 0 aliphatic rings. The van der Waals surface area contributed by atoms with E-state index in [1.165, 1.54) is 11.3 Å². The highest BCUT2D eigenvalue weighted by Crippen LogP contribution is 2.27. The molecule has 0 saturated heterocycles. The molecule has 0 atom stereocenters. The number of carbonyl (C=O) groups is 1.